The van der Waals surface area contributed by atoms with Crippen LogP contribution in [0.3, 0.4) is 0 Å². The van der Waals surface area contributed by atoms with Gasteiger partial charge in [-0.3, -0.25) is 0 Å². The third kappa shape index (κ3) is 5.75. The highest BCUT2D eigenvalue weighted by atomic mass is 16.5. The molecule has 0 spiro atoms. The van der Waals surface area contributed by atoms with Crippen molar-refractivity contribution in [2.24, 2.45) is 0 Å². The zero-order valence-corrected chi connectivity index (χ0v) is 12.1. The lowest BCUT2D eigenvalue weighted by Gasteiger charge is -2.21. The summed E-state index contributed by atoms with van der Waals surface area (Å²) in [6.07, 6.45) is 0.838. The van der Waals surface area contributed by atoms with Crippen LogP contribution in [0, 0.1) is 6.92 Å². The van der Waals surface area contributed by atoms with Gasteiger partial charge in [0.05, 0.1) is 0 Å². The van der Waals surface area contributed by atoms with Crippen molar-refractivity contribution in [3.05, 3.63) is 35.4 Å². The fraction of sp³-hybridized carbons (Fsp3) is 0.533. The summed E-state index contributed by atoms with van der Waals surface area (Å²) >= 11 is 0. The highest BCUT2D eigenvalue weighted by molar-refractivity contribution is 5.74. The predicted molar refractivity (Wildman–Crippen MR) is 77.2 cm³/mol. The first-order valence-electron chi connectivity index (χ1n) is 6.74. The van der Waals surface area contributed by atoms with E-state index in [1.165, 1.54) is 5.56 Å². The molecule has 1 aromatic carbocycles. The number of hydrogen-bond donors (Lipinski definition) is 1. The molecule has 4 heteroatoms. The number of benzene rings is 1. The first-order chi connectivity index (χ1) is 9.17. The Morgan fingerprint density at radius 2 is 2.21 bits per heavy atom. The van der Waals surface area contributed by atoms with E-state index in [0.29, 0.717) is 26.2 Å². The van der Waals surface area contributed by atoms with Gasteiger partial charge in [0.25, 0.3) is 0 Å². The van der Waals surface area contributed by atoms with Crippen LogP contribution in [0.15, 0.2) is 24.3 Å². The van der Waals surface area contributed by atoms with Crippen molar-refractivity contribution in [1.82, 2.24) is 10.2 Å². The van der Waals surface area contributed by atoms with Crippen LogP contribution >= 0.6 is 0 Å². The fourth-order valence-corrected chi connectivity index (χ4v) is 1.88. The largest absolute Gasteiger partial charge is 0.385 e. The quantitative estimate of drug-likeness (QED) is 0.769. The summed E-state index contributed by atoms with van der Waals surface area (Å²) in [6, 6.07) is 8.23. The summed E-state index contributed by atoms with van der Waals surface area (Å²) in [5.74, 6) is 0. The van der Waals surface area contributed by atoms with E-state index in [2.05, 4.69) is 24.4 Å². The van der Waals surface area contributed by atoms with Crippen LogP contribution in [0.1, 0.15) is 24.5 Å². The van der Waals surface area contributed by atoms with E-state index in [-0.39, 0.29) is 6.03 Å². The lowest BCUT2D eigenvalue weighted by molar-refractivity contribution is 0.185. The summed E-state index contributed by atoms with van der Waals surface area (Å²) in [5, 5.41) is 2.91. The first-order valence-corrected chi connectivity index (χ1v) is 6.74. The number of carbonyl (C=O) groups excluding carboxylic acids is 1. The average molecular weight is 264 g/mol. The molecule has 0 fully saturated rings. The molecule has 19 heavy (non-hydrogen) atoms. The molecule has 1 aromatic rings. The highest BCUT2D eigenvalue weighted by Crippen LogP contribution is 2.07. The van der Waals surface area contributed by atoms with Gasteiger partial charge < -0.3 is 15.0 Å². The number of rotatable bonds is 7. The van der Waals surface area contributed by atoms with Crippen LogP contribution in [0.2, 0.25) is 0 Å². The maximum atomic E-state index is 12.0. The van der Waals surface area contributed by atoms with Gasteiger partial charge in [-0.1, -0.05) is 29.8 Å². The Kier molecular flexibility index (Phi) is 6.97. The summed E-state index contributed by atoms with van der Waals surface area (Å²) in [5.41, 5.74) is 2.38. The molecule has 0 aromatic heterocycles. The van der Waals surface area contributed by atoms with Gasteiger partial charge in [0.15, 0.2) is 0 Å². The van der Waals surface area contributed by atoms with Gasteiger partial charge in [0.2, 0.25) is 0 Å². The Bertz CT molecular complexity index is 393. The molecule has 0 saturated carbocycles. The third-order valence-electron chi connectivity index (χ3n) is 2.93. The maximum Gasteiger partial charge on any atom is 0.317 e. The van der Waals surface area contributed by atoms with Gasteiger partial charge >= 0.3 is 6.03 Å². The molecular formula is C15H24N2O2. The summed E-state index contributed by atoms with van der Waals surface area (Å²) in [4.78, 5) is 13.8. The maximum absolute atomic E-state index is 12.0. The van der Waals surface area contributed by atoms with Crippen LogP contribution in [-0.2, 0) is 11.3 Å². The summed E-state index contributed by atoms with van der Waals surface area (Å²) in [6.45, 7) is 6.72. The molecule has 2 amide bonds. The Balaban J connectivity index is 2.46. The van der Waals surface area contributed by atoms with Crippen molar-refractivity contribution in [3.8, 4) is 0 Å². The molecule has 0 heterocycles. The second kappa shape index (κ2) is 8.53. The Labute approximate surface area is 115 Å². The second-order valence-electron chi connectivity index (χ2n) is 4.58. The van der Waals surface area contributed by atoms with Crippen molar-refractivity contribution >= 4 is 6.03 Å². The Morgan fingerprint density at radius 3 is 2.84 bits per heavy atom. The van der Waals surface area contributed by atoms with E-state index in [4.69, 9.17) is 4.74 Å². The zero-order chi connectivity index (χ0) is 14.1. The van der Waals surface area contributed by atoms with Crippen molar-refractivity contribution in [2.45, 2.75) is 26.8 Å². The van der Waals surface area contributed by atoms with Crippen molar-refractivity contribution < 1.29 is 9.53 Å². The molecule has 1 N–H and O–H groups in total. The number of amides is 2. The number of urea groups is 1. The van der Waals surface area contributed by atoms with E-state index >= 15 is 0 Å². The Hall–Kier alpha value is -1.55. The minimum absolute atomic E-state index is 0.0138. The monoisotopic (exact) mass is 264 g/mol. The smallest absolute Gasteiger partial charge is 0.317 e. The minimum atomic E-state index is -0.0138. The number of nitrogens with one attached hydrogen (secondary N) is 1. The molecule has 0 radical (unpaired) electrons. The van der Waals surface area contributed by atoms with Crippen molar-refractivity contribution in [3.63, 3.8) is 0 Å². The van der Waals surface area contributed by atoms with Gasteiger partial charge in [-0.2, -0.15) is 0 Å². The molecule has 0 saturated heterocycles. The van der Waals surface area contributed by atoms with Crippen molar-refractivity contribution in [2.75, 3.05) is 26.8 Å². The lowest BCUT2D eigenvalue weighted by atomic mass is 10.1. The molecule has 106 valence electrons. The molecule has 0 aliphatic rings. The van der Waals surface area contributed by atoms with E-state index in [0.717, 1.165) is 12.0 Å². The normalized spacial score (nSPS) is 10.3. The van der Waals surface area contributed by atoms with Gasteiger partial charge in [-0.25, -0.2) is 4.79 Å². The number of carbonyl (C=O) groups is 1. The fourth-order valence-electron chi connectivity index (χ4n) is 1.88. The highest BCUT2D eigenvalue weighted by Gasteiger charge is 2.11. The molecule has 0 aliphatic carbocycles. The summed E-state index contributed by atoms with van der Waals surface area (Å²) in [7, 11) is 1.66. The molecular weight excluding hydrogens is 240 g/mol. The number of methoxy groups -OCH3 is 1. The Morgan fingerprint density at radius 1 is 1.42 bits per heavy atom. The predicted octanol–water partition coefficient (Wildman–Crippen LogP) is 2.56. The third-order valence-corrected chi connectivity index (χ3v) is 2.93. The minimum Gasteiger partial charge on any atom is -0.385 e. The van der Waals surface area contributed by atoms with Crippen LogP contribution in [0.25, 0.3) is 0 Å². The molecule has 0 atom stereocenters. The van der Waals surface area contributed by atoms with Crippen LogP contribution in [0.4, 0.5) is 4.79 Å². The van der Waals surface area contributed by atoms with Crippen molar-refractivity contribution in [1.29, 1.82) is 0 Å². The standard InChI is InChI=1S/C15H24N2O2/c1-4-17(15(18)16-9-6-10-19-3)12-14-8-5-7-13(2)11-14/h5,7-8,11H,4,6,9-10,12H2,1-3H3,(H,16,18). The van der Waals surface area contributed by atoms with E-state index in [9.17, 15) is 4.79 Å². The number of hydrogen-bond acceptors (Lipinski definition) is 2. The first kappa shape index (κ1) is 15.5. The zero-order valence-electron chi connectivity index (χ0n) is 12.1. The number of ether oxygens (including phenoxy) is 1. The number of aryl methyl sites for hydroxylation is 1. The second-order valence-corrected chi connectivity index (χ2v) is 4.58. The number of nitrogens with zero attached hydrogens (tertiary/aromatic N) is 1. The topological polar surface area (TPSA) is 41.6 Å². The van der Waals surface area contributed by atoms with E-state index < -0.39 is 0 Å². The van der Waals surface area contributed by atoms with Crippen LogP contribution in [0.5, 0.6) is 0 Å². The molecule has 1 rings (SSSR count). The molecule has 0 unspecified atom stereocenters. The summed E-state index contributed by atoms with van der Waals surface area (Å²) < 4.78 is 4.95. The van der Waals surface area contributed by atoms with Crippen LogP contribution < -0.4 is 5.32 Å². The van der Waals surface area contributed by atoms with E-state index in [1.54, 1.807) is 7.11 Å². The van der Waals surface area contributed by atoms with Gasteiger partial charge in [-0.05, 0) is 25.8 Å². The van der Waals surface area contributed by atoms with Gasteiger partial charge in [0, 0.05) is 33.4 Å². The SMILES string of the molecule is CCN(Cc1cccc(C)c1)C(=O)NCCCOC. The molecule has 0 aliphatic heterocycles. The van der Waals surface area contributed by atoms with Gasteiger partial charge in [-0.15, -0.1) is 0 Å². The molecule has 0 bridgehead atoms. The van der Waals surface area contributed by atoms with Gasteiger partial charge in [0.1, 0.15) is 0 Å². The van der Waals surface area contributed by atoms with E-state index in [1.807, 2.05) is 24.0 Å². The molecule has 4 nitrogen and oxygen atoms in total. The average Bonchev–Trinajstić information content (AvgIpc) is 2.41. The lowest BCUT2D eigenvalue weighted by Crippen LogP contribution is -2.40. The van der Waals surface area contributed by atoms with Crippen LogP contribution in [-0.4, -0.2) is 37.7 Å².